The van der Waals surface area contributed by atoms with Crippen molar-refractivity contribution in [1.82, 2.24) is 0 Å². The molecule has 0 fully saturated rings. The van der Waals surface area contributed by atoms with Gasteiger partial charge in [-0.3, -0.25) is 10.1 Å². The number of nitro benzene ring substituents is 1. The number of hydrogen-bond donors (Lipinski definition) is 1. The molecule has 0 amide bonds. The van der Waals surface area contributed by atoms with Crippen molar-refractivity contribution in [3.05, 3.63) is 69.3 Å². The van der Waals surface area contributed by atoms with E-state index in [-0.39, 0.29) is 17.3 Å². The largest absolute Gasteiger partial charge is 0.393 e. The van der Waals surface area contributed by atoms with Gasteiger partial charge in [-0.15, -0.1) is 0 Å². The van der Waals surface area contributed by atoms with Gasteiger partial charge in [-0.2, -0.15) is 0 Å². The molecule has 4 nitrogen and oxygen atoms in total. The Balaban J connectivity index is 2.38. The van der Waals surface area contributed by atoms with Gasteiger partial charge in [0.1, 0.15) is 5.69 Å². The highest BCUT2D eigenvalue weighted by molar-refractivity contribution is 5.60. The topological polar surface area (TPSA) is 69.2 Å². The predicted octanol–water partition coefficient (Wildman–Crippen LogP) is 3.64. The lowest BCUT2D eigenvalue weighted by atomic mass is 9.92. The van der Waals surface area contributed by atoms with E-state index in [2.05, 4.69) is 0 Å². The first-order valence-corrected chi connectivity index (χ1v) is 6.09. The fraction of sp³-hybridized carbons (Fsp3) is 0.200. The normalized spacial score (nSPS) is 12.1. The van der Waals surface area contributed by atoms with E-state index in [0.717, 1.165) is 11.1 Å². The van der Waals surface area contributed by atoms with Gasteiger partial charge in [0.05, 0.1) is 4.92 Å². The number of benzene rings is 2. The van der Waals surface area contributed by atoms with Crippen LogP contribution in [0.15, 0.2) is 42.5 Å². The Morgan fingerprint density at radius 2 is 1.68 bits per heavy atom. The first kappa shape index (κ1) is 13.1. The Bertz CT molecular complexity index is 606. The van der Waals surface area contributed by atoms with Gasteiger partial charge in [-0.05, 0) is 24.1 Å². The maximum Gasteiger partial charge on any atom is 0.292 e. The maximum absolute atomic E-state index is 10.9. The fourth-order valence-electron chi connectivity index (χ4n) is 2.04. The van der Waals surface area contributed by atoms with Crippen molar-refractivity contribution >= 4 is 11.4 Å². The summed E-state index contributed by atoms with van der Waals surface area (Å²) in [5, 5.41) is 10.9. The van der Waals surface area contributed by atoms with Crippen LogP contribution < -0.4 is 5.73 Å². The van der Waals surface area contributed by atoms with E-state index in [0.29, 0.717) is 0 Å². The molecule has 0 heterocycles. The molecule has 2 aromatic rings. The molecule has 2 N–H and O–H groups in total. The van der Waals surface area contributed by atoms with Crippen molar-refractivity contribution in [2.75, 3.05) is 5.73 Å². The van der Waals surface area contributed by atoms with Gasteiger partial charge in [0.15, 0.2) is 0 Å². The van der Waals surface area contributed by atoms with Crippen molar-refractivity contribution in [2.24, 2.45) is 0 Å². The van der Waals surface area contributed by atoms with Crippen LogP contribution in [0.2, 0.25) is 0 Å². The smallest absolute Gasteiger partial charge is 0.292 e. The molecular weight excluding hydrogens is 240 g/mol. The minimum Gasteiger partial charge on any atom is -0.393 e. The molecule has 1 unspecified atom stereocenters. The number of rotatable bonds is 3. The van der Waals surface area contributed by atoms with Crippen molar-refractivity contribution in [3.8, 4) is 0 Å². The summed E-state index contributed by atoms with van der Waals surface area (Å²) in [6.07, 6.45) is 0. The highest BCUT2D eigenvalue weighted by Gasteiger charge is 2.16. The molecule has 1 atom stereocenters. The molecule has 0 spiro atoms. The van der Waals surface area contributed by atoms with Crippen LogP contribution in [0, 0.1) is 17.0 Å². The predicted molar refractivity (Wildman–Crippen MR) is 76.2 cm³/mol. The highest BCUT2D eigenvalue weighted by atomic mass is 16.6. The summed E-state index contributed by atoms with van der Waals surface area (Å²) in [6.45, 7) is 4.06. The van der Waals surface area contributed by atoms with Crippen molar-refractivity contribution in [1.29, 1.82) is 0 Å². The average molecular weight is 256 g/mol. The third-order valence-corrected chi connectivity index (χ3v) is 3.33. The van der Waals surface area contributed by atoms with Gasteiger partial charge in [-0.25, -0.2) is 0 Å². The number of hydrogen-bond acceptors (Lipinski definition) is 3. The zero-order valence-electron chi connectivity index (χ0n) is 11.0. The SMILES string of the molecule is Cc1ccc(C(C)c2ccc(N)c([N+](=O)[O-])c2)cc1. The number of nitro groups is 1. The number of anilines is 1. The summed E-state index contributed by atoms with van der Waals surface area (Å²) < 4.78 is 0. The summed E-state index contributed by atoms with van der Waals surface area (Å²) in [7, 11) is 0. The molecule has 0 saturated carbocycles. The van der Waals surface area contributed by atoms with E-state index in [1.165, 1.54) is 5.56 Å². The zero-order chi connectivity index (χ0) is 14.0. The third-order valence-electron chi connectivity index (χ3n) is 3.33. The van der Waals surface area contributed by atoms with Gasteiger partial charge in [0.25, 0.3) is 5.69 Å². The average Bonchev–Trinajstić information content (AvgIpc) is 2.39. The highest BCUT2D eigenvalue weighted by Crippen LogP contribution is 2.30. The van der Waals surface area contributed by atoms with Crippen molar-refractivity contribution in [3.63, 3.8) is 0 Å². The van der Waals surface area contributed by atoms with Crippen molar-refractivity contribution in [2.45, 2.75) is 19.8 Å². The lowest BCUT2D eigenvalue weighted by Crippen LogP contribution is -2.00. The van der Waals surface area contributed by atoms with Crippen LogP contribution in [0.4, 0.5) is 11.4 Å². The van der Waals surface area contributed by atoms with Gasteiger partial charge in [-0.1, -0.05) is 42.8 Å². The first-order valence-electron chi connectivity index (χ1n) is 6.09. The second kappa shape index (κ2) is 5.10. The van der Waals surface area contributed by atoms with Crippen LogP contribution in [-0.4, -0.2) is 4.92 Å². The van der Waals surface area contributed by atoms with Crippen LogP contribution in [0.1, 0.15) is 29.5 Å². The minimum absolute atomic E-state index is 0.0311. The molecular formula is C15H16N2O2. The van der Waals surface area contributed by atoms with Crippen LogP contribution in [0.3, 0.4) is 0 Å². The summed E-state index contributed by atoms with van der Waals surface area (Å²) in [4.78, 5) is 10.5. The van der Waals surface area contributed by atoms with E-state index in [4.69, 9.17) is 5.73 Å². The van der Waals surface area contributed by atoms with E-state index in [1.807, 2.05) is 44.2 Å². The first-order chi connectivity index (χ1) is 8.99. The van der Waals surface area contributed by atoms with Crippen LogP contribution in [-0.2, 0) is 0 Å². The van der Waals surface area contributed by atoms with Gasteiger partial charge < -0.3 is 5.73 Å². The molecule has 0 aromatic heterocycles. The lowest BCUT2D eigenvalue weighted by molar-refractivity contribution is -0.384. The van der Waals surface area contributed by atoms with Crippen LogP contribution >= 0.6 is 0 Å². The number of nitrogens with two attached hydrogens (primary N) is 1. The number of nitrogens with zero attached hydrogens (tertiary/aromatic N) is 1. The standard InChI is InChI=1S/C15H16N2O2/c1-10-3-5-12(6-4-10)11(2)13-7-8-14(16)15(9-13)17(18)19/h3-9,11H,16H2,1-2H3. The molecule has 0 radical (unpaired) electrons. The lowest BCUT2D eigenvalue weighted by Gasteiger charge is -2.13. The van der Waals surface area contributed by atoms with E-state index in [9.17, 15) is 10.1 Å². The van der Waals surface area contributed by atoms with E-state index < -0.39 is 4.92 Å². The molecule has 4 heteroatoms. The zero-order valence-corrected chi connectivity index (χ0v) is 11.0. The van der Waals surface area contributed by atoms with Crippen LogP contribution in [0.25, 0.3) is 0 Å². The Labute approximate surface area is 112 Å². The molecule has 2 rings (SSSR count). The Hall–Kier alpha value is -2.36. The molecule has 19 heavy (non-hydrogen) atoms. The Morgan fingerprint density at radius 1 is 1.11 bits per heavy atom. The summed E-state index contributed by atoms with van der Waals surface area (Å²) in [5.74, 6) is 0.0971. The second-order valence-electron chi connectivity index (χ2n) is 4.71. The monoisotopic (exact) mass is 256 g/mol. The number of aryl methyl sites for hydroxylation is 1. The molecule has 98 valence electrons. The number of nitrogen functional groups attached to an aromatic ring is 1. The molecule has 2 aromatic carbocycles. The van der Waals surface area contributed by atoms with Crippen molar-refractivity contribution < 1.29 is 4.92 Å². The van der Waals surface area contributed by atoms with Gasteiger partial charge in [0, 0.05) is 12.0 Å². The molecule has 0 aliphatic rings. The third kappa shape index (κ3) is 2.73. The van der Waals surface area contributed by atoms with E-state index in [1.54, 1.807) is 12.1 Å². The van der Waals surface area contributed by atoms with E-state index >= 15 is 0 Å². The summed E-state index contributed by atoms with van der Waals surface area (Å²) >= 11 is 0. The summed E-state index contributed by atoms with van der Waals surface area (Å²) in [6, 6.07) is 13.2. The summed E-state index contributed by atoms with van der Waals surface area (Å²) in [5.41, 5.74) is 8.99. The quantitative estimate of drug-likeness (QED) is 0.518. The Kier molecular flexibility index (Phi) is 3.51. The Morgan fingerprint density at radius 3 is 2.26 bits per heavy atom. The minimum atomic E-state index is -0.444. The second-order valence-corrected chi connectivity index (χ2v) is 4.71. The molecule has 0 bridgehead atoms. The maximum atomic E-state index is 10.9. The van der Waals surface area contributed by atoms with Crippen LogP contribution in [0.5, 0.6) is 0 Å². The molecule has 0 aliphatic carbocycles. The molecule has 0 aliphatic heterocycles. The fourth-order valence-corrected chi connectivity index (χ4v) is 2.04. The van der Waals surface area contributed by atoms with Gasteiger partial charge in [0.2, 0.25) is 0 Å². The molecule has 0 saturated heterocycles. The van der Waals surface area contributed by atoms with Gasteiger partial charge >= 0.3 is 0 Å².